The maximum atomic E-state index is 12.6. The smallest absolute Gasteiger partial charge is 0.338 e. The molecule has 0 atom stereocenters. The Kier molecular flexibility index (Phi) is 4.37. The van der Waals surface area contributed by atoms with E-state index in [1.54, 1.807) is 24.3 Å². The third kappa shape index (κ3) is 2.95. The molecule has 110 valence electrons. The second kappa shape index (κ2) is 6.05. The zero-order chi connectivity index (χ0) is 15.5. The lowest BCUT2D eigenvalue weighted by molar-refractivity contribution is 0.0690. The summed E-state index contributed by atoms with van der Waals surface area (Å²) in [5, 5.41) is 8.98. The Labute approximate surface area is 123 Å². The van der Waals surface area contributed by atoms with Gasteiger partial charge in [-0.15, -0.1) is 0 Å². The maximum Gasteiger partial charge on any atom is 0.338 e. The average molecular weight is 305 g/mol. The van der Waals surface area contributed by atoms with Crippen LogP contribution in [-0.2, 0) is 16.3 Å². The van der Waals surface area contributed by atoms with Crippen LogP contribution in [0.15, 0.2) is 52.5 Å². The Morgan fingerprint density at radius 2 is 1.86 bits per heavy atom. The highest BCUT2D eigenvalue weighted by atomic mass is 32.2. The van der Waals surface area contributed by atoms with Crippen molar-refractivity contribution in [2.75, 3.05) is 0 Å². The number of aromatic carboxylic acids is 1. The van der Waals surface area contributed by atoms with Crippen molar-refractivity contribution >= 4 is 15.8 Å². The Balaban J connectivity index is 2.69. The number of hydrogen-bond acceptors (Lipinski definition) is 4. The molecule has 0 aliphatic heterocycles. The average Bonchev–Trinajstić information content (AvgIpc) is 2.48. The number of aryl methyl sites for hydroxylation is 1. The summed E-state index contributed by atoms with van der Waals surface area (Å²) >= 11 is 0. The third-order valence-corrected chi connectivity index (χ3v) is 4.76. The molecule has 0 radical (unpaired) electrons. The van der Waals surface area contributed by atoms with E-state index < -0.39 is 20.8 Å². The molecule has 21 heavy (non-hydrogen) atoms. The van der Waals surface area contributed by atoms with Crippen LogP contribution in [0, 0.1) is 0 Å². The van der Waals surface area contributed by atoms with E-state index >= 15 is 0 Å². The fraction of sp³-hybridized carbons (Fsp3) is 0.200. The first kappa shape index (κ1) is 15.2. The van der Waals surface area contributed by atoms with Crippen LogP contribution in [0.5, 0.6) is 0 Å². The van der Waals surface area contributed by atoms with Gasteiger partial charge in [0.25, 0.3) is 0 Å². The predicted molar refractivity (Wildman–Crippen MR) is 77.1 cm³/mol. The van der Waals surface area contributed by atoms with Crippen molar-refractivity contribution in [3.63, 3.8) is 0 Å². The molecule has 0 unspecified atom stereocenters. The highest BCUT2D eigenvalue weighted by Crippen LogP contribution is 2.25. The van der Waals surface area contributed by atoms with Crippen molar-refractivity contribution in [1.82, 2.24) is 4.98 Å². The second-order valence-electron chi connectivity index (χ2n) is 4.52. The summed E-state index contributed by atoms with van der Waals surface area (Å²) in [7, 11) is -3.95. The number of hydrogen-bond donors (Lipinski definition) is 1. The molecule has 0 spiro atoms. The summed E-state index contributed by atoms with van der Waals surface area (Å²) in [6, 6.07) is 9.27. The van der Waals surface area contributed by atoms with Gasteiger partial charge in [0.05, 0.1) is 4.90 Å². The first-order valence-corrected chi connectivity index (χ1v) is 7.98. The zero-order valence-electron chi connectivity index (χ0n) is 11.5. The topological polar surface area (TPSA) is 84.3 Å². The quantitative estimate of drug-likeness (QED) is 0.917. The first-order chi connectivity index (χ1) is 9.98. The van der Waals surface area contributed by atoms with Crippen LogP contribution >= 0.6 is 0 Å². The molecule has 0 amide bonds. The first-order valence-electron chi connectivity index (χ1n) is 6.49. The van der Waals surface area contributed by atoms with Crippen molar-refractivity contribution in [3.05, 3.63) is 53.7 Å². The molecule has 2 aromatic rings. The van der Waals surface area contributed by atoms with Gasteiger partial charge in [0.15, 0.2) is 5.03 Å². The maximum absolute atomic E-state index is 12.6. The van der Waals surface area contributed by atoms with Gasteiger partial charge in [-0.1, -0.05) is 31.5 Å². The summed E-state index contributed by atoms with van der Waals surface area (Å²) in [5.41, 5.74) is 0.248. The Bertz CT molecular complexity index is 754. The van der Waals surface area contributed by atoms with Crippen molar-refractivity contribution in [1.29, 1.82) is 0 Å². The molecule has 6 heteroatoms. The fourth-order valence-corrected chi connectivity index (χ4v) is 3.53. The summed E-state index contributed by atoms with van der Waals surface area (Å²) < 4.78 is 25.2. The number of nitrogens with zero attached hydrogens (tertiary/aromatic N) is 1. The van der Waals surface area contributed by atoms with E-state index in [2.05, 4.69) is 4.98 Å². The SMILES string of the molecule is CCCc1ccnc(S(=O)(=O)c2ccccc2)c1C(=O)O. The van der Waals surface area contributed by atoms with Crippen molar-refractivity contribution in [2.45, 2.75) is 29.7 Å². The summed E-state index contributed by atoms with van der Waals surface area (Å²) in [5.74, 6) is -1.28. The third-order valence-electron chi connectivity index (χ3n) is 3.04. The van der Waals surface area contributed by atoms with Crippen molar-refractivity contribution in [3.8, 4) is 0 Å². The molecule has 1 N–H and O–H groups in total. The van der Waals surface area contributed by atoms with E-state index in [1.165, 1.54) is 18.3 Å². The van der Waals surface area contributed by atoms with Crippen molar-refractivity contribution < 1.29 is 18.3 Å². The van der Waals surface area contributed by atoms with Gasteiger partial charge in [-0.2, -0.15) is 0 Å². The highest BCUT2D eigenvalue weighted by Gasteiger charge is 2.27. The molecule has 0 fully saturated rings. The van der Waals surface area contributed by atoms with Crippen LogP contribution in [0.25, 0.3) is 0 Å². The van der Waals surface area contributed by atoms with Gasteiger partial charge in [-0.25, -0.2) is 18.2 Å². The number of carboxylic acid groups (broad SMARTS) is 1. The number of pyridine rings is 1. The summed E-state index contributed by atoms with van der Waals surface area (Å²) in [6.45, 7) is 1.90. The number of carbonyl (C=O) groups is 1. The molecule has 1 heterocycles. The lowest BCUT2D eigenvalue weighted by atomic mass is 10.1. The lowest BCUT2D eigenvalue weighted by Crippen LogP contribution is -2.14. The van der Waals surface area contributed by atoms with E-state index in [4.69, 9.17) is 0 Å². The molecule has 2 rings (SSSR count). The lowest BCUT2D eigenvalue weighted by Gasteiger charge is -2.10. The van der Waals surface area contributed by atoms with Crippen LogP contribution in [0.1, 0.15) is 29.3 Å². The van der Waals surface area contributed by atoms with E-state index in [9.17, 15) is 18.3 Å². The van der Waals surface area contributed by atoms with E-state index in [-0.39, 0.29) is 10.5 Å². The number of rotatable bonds is 5. The molecule has 0 aliphatic rings. The Morgan fingerprint density at radius 3 is 2.43 bits per heavy atom. The molecule has 1 aromatic heterocycles. The number of carboxylic acids is 1. The van der Waals surface area contributed by atoms with Crippen molar-refractivity contribution in [2.24, 2.45) is 0 Å². The number of benzene rings is 1. The molecule has 0 saturated heterocycles. The molecule has 0 saturated carbocycles. The summed E-state index contributed by atoms with van der Waals surface area (Å²) in [4.78, 5) is 15.3. The van der Waals surface area contributed by atoms with Crippen LogP contribution in [0.2, 0.25) is 0 Å². The largest absolute Gasteiger partial charge is 0.478 e. The zero-order valence-corrected chi connectivity index (χ0v) is 12.3. The van der Waals surface area contributed by atoms with E-state index in [0.29, 0.717) is 12.0 Å². The van der Waals surface area contributed by atoms with Gasteiger partial charge in [0, 0.05) is 6.20 Å². The molecular weight excluding hydrogens is 290 g/mol. The monoisotopic (exact) mass is 305 g/mol. The van der Waals surface area contributed by atoms with E-state index in [0.717, 1.165) is 6.42 Å². The van der Waals surface area contributed by atoms with Gasteiger partial charge >= 0.3 is 5.97 Å². The molecule has 1 aromatic carbocycles. The minimum absolute atomic E-state index is 0.0358. The summed E-state index contributed by atoms with van der Waals surface area (Å²) in [6.07, 6.45) is 2.55. The molecule has 5 nitrogen and oxygen atoms in total. The van der Waals surface area contributed by atoms with E-state index in [1.807, 2.05) is 6.92 Å². The van der Waals surface area contributed by atoms with Gasteiger partial charge < -0.3 is 5.11 Å². The number of sulfone groups is 1. The van der Waals surface area contributed by atoms with Gasteiger partial charge in [-0.3, -0.25) is 0 Å². The highest BCUT2D eigenvalue weighted by molar-refractivity contribution is 7.91. The predicted octanol–water partition coefficient (Wildman–Crippen LogP) is 2.57. The Morgan fingerprint density at radius 1 is 1.19 bits per heavy atom. The van der Waals surface area contributed by atoms with Crippen LogP contribution < -0.4 is 0 Å². The normalized spacial score (nSPS) is 11.3. The van der Waals surface area contributed by atoms with Crippen LogP contribution in [0.4, 0.5) is 0 Å². The van der Waals surface area contributed by atoms with Gasteiger partial charge in [0.2, 0.25) is 9.84 Å². The standard InChI is InChI=1S/C15H15NO4S/c1-2-6-11-9-10-16-14(13(11)15(17)18)21(19,20)12-7-4-3-5-8-12/h3-5,7-10H,2,6H2,1H3,(H,17,18). The van der Waals surface area contributed by atoms with Gasteiger partial charge in [0.1, 0.15) is 5.56 Å². The minimum Gasteiger partial charge on any atom is -0.478 e. The van der Waals surface area contributed by atoms with Crippen LogP contribution in [0.3, 0.4) is 0 Å². The second-order valence-corrected chi connectivity index (χ2v) is 6.39. The molecule has 0 aliphatic carbocycles. The van der Waals surface area contributed by atoms with Gasteiger partial charge in [-0.05, 0) is 30.2 Å². The van der Waals surface area contributed by atoms with Crippen LogP contribution in [-0.4, -0.2) is 24.5 Å². The Hall–Kier alpha value is -2.21. The molecular formula is C15H15NO4S. The molecule has 0 bridgehead atoms. The number of aromatic nitrogens is 1. The minimum atomic E-state index is -3.95. The fourth-order valence-electron chi connectivity index (χ4n) is 2.10.